The summed E-state index contributed by atoms with van der Waals surface area (Å²) in [5.74, 6) is -1.89. The maximum absolute atomic E-state index is 13.3. The van der Waals surface area contributed by atoms with Crippen LogP contribution in [0.2, 0.25) is 5.02 Å². The number of aryl methyl sites for hydroxylation is 1. The minimum Gasteiger partial charge on any atom is -0.478 e. The Morgan fingerprint density at radius 3 is 2.45 bits per heavy atom. The minimum absolute atomic E-state index is 0.103. The van der Waals surface area contributed by atoms with Crippen molar-refractivity contribution in [2.24, 2.45) is 0 Å². The van der Waals surface area contributed by atoms with E-state index in [0.29, 0.717) is 22.0 Å². The van der Waals surface area contributed by atoms with Gasteiger partial charge in [0.2, 0.25) is 11.8 Å². The molecule has 0 radical (unpaired) electrons. The molecule has 1 aromatic heterocycles. The molecule has 10 nitrogen and oxygen atoms in total. The summed E-state index contributed by atoms with van der Waals surface area (Å²) in [6.07, 6.45) is 4.39. The summed E-state index contributed by atoms with van der Waals surface area (Å²) < 4.78 is 1.45. The first-order chi connectivity index (χ1) is 18.3. The van der Waals surface area contributed by atoms with Gasteiger partial charge in [0.05, 0.1) is 11.3 Å². The highest BCUT2D eigenvalue weighted by molar-refractivity contribution is 6.30. The number of hydrogen-bond acceptors (Lipinski definition) is 6. The number of carbonyl (C=O) groups is 3. The van der Waals surface area contributed by atoms with Crippen molar-refractivity contribution in [2.75, 3.05) is 11.9 Å². The van der Waals surface area contributed by atoms with Crippen LogP contribution in [0.5, 0.6) is 0 Å². The molecule has 3 aromatic carbocycles. The second-order valence-electron chi connectivity index (χ2n) is 8.40. The lowest BCUT2D eigenvalue weighted by Crippen LogP contribution is -2.36. The molecule has 0 unspecified atom stereocenters. The Hall–Kier alpha value is -4.83. The van der Waals surface area contributed by atoms with Crippen molar-refractivity contribution in [3.8, 4) is 5.69 Å². The number of halogens is 1. The molecule has 0 saturated carbocycles. The smallest absolute Gasteiger partial charge is 0.335 e. The van der Waals surface area contributed by atoms with Crippen LogP contribution >= 0.6 is 11.6 Å². The zero-order valence-electron chi connectivity index (χ0n) is 20.3. The summed E-state index contributed by atoms with van der Waals surface area (Å²) >= 11 is 6.17. The highest BCUT2D eigenvalue weighted by Gasteiger charge is 2.17. The average molecular weight is 531 g/mol. The van der Waals surface area contributed by atoms with Gasteiger partial charge in [-0.05, 0) is 71.5 Å². The molecule has 2 amide bonds. The lowest BCUT2D eigenvalue weighted by Gasteiger charge is -2.21. The van der Waals surface area contributed by atoms with Gasteiger partial charge in [-0.25, -0.2) is 4.79 Å². The molecular formula is C27H23ClN6O4. The number of benzene rings is 3. The molecule has 38 heavy (non-hydrogen) atoms. The number of rotatable bonds is 9. The number of carboxylic acids is 1. The topological polar surface area (TPSA) is 130 Å². The van der Waals surface area contributed by atoms with Crippen molar-refractivity contribution < 1.29 is 19.5 Å². The van der Waals surface area contributed by atoms with Crippen molar-refractivity contribution in [2.45, 2.75) is 13.5 Å². The van der Waals surface area contributed by atoms with Crippen LogP contribution in [-0.4, -0.2) is 54.5 Å². The number of tetrazole rings is 1. The summed E-state index contributed by atoms with van der Waals surface area (Å²) in [5.41, 5.74) is 3.68. The van der Waals surface area contributed by atoms with Crippen LogP contribution < -0.4 is 5.32 Å². The van der Waals surface area contributed by atoms with Gasteiger partial charge in [0.1, 0.15) is 12.9 Å². The molecule has 1 heterocycles. The van der Waals surface area contributed by atoms with E-state index in [1.807, 2.05) is 31.2 Å². The highest BCUT2D eigenvalue weighted by Crippen LogP contribution is 2.21. The van der Waals surface area contributed by atoms with E-state index >= 15 is 0 Å². The Kier molecular flexibility index (Phi) is 8.24. The second-order valence-corrected chi connectivity index (χ2v) is 8.84. The lowest BCUT2D eigenvalue weighted by molar-refractivity contribution is -0.131. The zero-order valence-corrected chi connectivity index (χ0v) is 21.0. The maximum Gasteiger partial charge on any atom is 0.335 e. The van der Waals surface area contributed by atoms with Gasteiger partial charge < -0.3 is 15.3 Å². The van der Waals surface area contributed by atoms with Gasteiger partial charge in [-0.2, -0.15) is 4.68 Å². The van der Waals surface area contributed by atoms with Gasteiger partial charge in [0.25, 0.3) is 0 Å². The summed E-state index contributed by atoms with van der Waals surface area (Å²) in [7, 11) is 0. The average Bonchev–Trinajstić information content (AvgIpc) is 3.43. The number of carboxylic acid groups (broad SMARTS) is 1. The molecule has 2 N–H and O–H groups in total. The quantitative estimate of drug-likeness (QED) is 0.313. The Morgan fingerprint density at radius 1 is 1.05 bits per heavy atom. The van der Waals surface area contributed by atoms with Gasteiger partial charge in [-0.3, -0.25) is 9.59 Å². The molecule has 4 aromatic rings. The predicted octanol–water partition coefficient (Wildman–Crippen LogP) is 4.00. The third-order valence-electron chi connectivity index (χ3n) is 5.55. The van der Waals surface area contributed by atoms with Crippen molar-refractivity contribution in [3.05, 3.63) is 106 Å². The Labute approximate surface area is 223 Å². The van der Waals surface area contributed by atoms with Crippen molar-refractivity contribution >= 4 is 41.1 Å². The number of nitrogens with one attached hydrogen (secondary N) is 1. The summed E-state index contributed by atoms with van der Waals surface area (Å²) in [6, 6.07) is 18.5. The van der Waals surface area contributed by atoms with Crippen molar-refractivity contribution in [1.82, 2.24) is 25.1 Å². The van der Waals surface area contributed by atoms with E-state index in [1.54, 1.807) is 24.3 Å². The van der Waals surface area contributed by atoms with Crippen LogP contribution in [0.15, 0.2) is 79.1 Å². The van der Waals surface area contributed by atoms with E-state index in [0.717, 1.165) is 11.1 Å². The van der Waals surface area contributed by atoms with Crippen LogP contribution in [0.25, 0.3) is 11.8 Å². The third-order valence-corrected chi connectivity index (χ3v) is 5.78. The Balaban J connectivity index is 1.54. The molecule has 192 valence electrons. The number of aromatic carboxylic acids is 1. The maximum atomic E-state index is 13.3. The van der Waals surface area contributed by atoms with Crippen molar-refractivity contribution in [1.29, 1.82) is 0 Å². The number of hydrogen-bond donors (Lipinski definition) is 2. The van der Waals surface area contributed by atoms with Gasteiger partial charge in [-0.15, -0.1) is 5.10 Å². The number of aromatic nitrogens is 4. The van der Waals surface area contributed by atoms with Crippen molar-refractivity contribution in [3.63, 3.8) is 0 Å². The highest BCUT2D eigenvalue weighted by atomic mass is 35.5. The SMILES string of the molecule is Cc1ccc(CN(CC(=O)Nc2ccc(C(=O)O)cc2)C(=O)/C=C/c2cc(Cl)ccc2-n2cnnn2)cc1. The normalized spacial score (nSPS) is 10.9. The first-order valence-corrected chi connectivity index (χ1v) is 11.8. The summed E-state index contributed by atoms with van der Waals surface area (Å²) in [6.45, 7) is 1.93. The fourth-order valence-corrected chi connectivity index (χ4v) is 3.78. The molecule has 0 atom stereocenters. The lowest BCUT2D eigenvalue weighted by atomic mass is 10.1. The molecule has 0 spiro atoms. The summed E-state index contributed by atoms with van der Waals surface area (Å²) in [4.78, 5) is 38.6. The number of amides is 2. The zero-order chi connectivity index (χ0) is 27.1. The molecule has 0 fully saturated rings. The van der Waals surface area contributed by atoms with Gasteiger partial charge in [0.15, 0.2) is 0 Å². The molecule has 0 aliphatic carbocycles. The van der Waals surface area contributed by atoms with E-state index in [4.69, 9.17) is 16.7 Å². The Bertz CT molecular complexity index is 1470. The second kappa shape index (κ2) is 11.9. The first kappa shape index (κ1) is 26.2. The van der Waals surface area contributed by atoms with Crippen LogP contribution in [0.4, 0.5) is 5.69 Å². The Morgan fingerprint density at radius 2 is 1.79 bits per heavy atom. The van der Waals surface area contributed by atoms with Crippen LogP contribution in [0, 0.1) is 6.92 Å². The fraction of sp³-hybridized carbons (Fsp3) is 0.111. The predicted molar refractivity (Wildman–Crippen MR) is 142 cm³/mol. The number of carbonyl (C=O) groups excluding carboxylic acids is 2. The molecule has 11 heteroatoms. The van der Waals surface area contributed by atoms with Gasteiger partial charge >= 0.3 is 5.97 Å². The van der Waals surface area contributed by atoms with Crippen LogP contribution in [-0.2, 0) is 16.1 Å². The van der Waals surface area contributed by atoms with E-state index in [1.165, 1.54) is 46.3 Å². The van der Waals surface area contributed by atoms with Crippen LogP contribution in [0.1, 0.15) is 27.0 Å². The third kappa shape index (κ3) is 6.89. The number of anilines is 1. The van der Waals surface area contributed by atoms with Crippen LogP contribution in [0.3, 0.4) is 0 Å². The minimum atomic E-state index is -1.06. The summed E-state index contributed by atoms with van der Waals surface area (Å²) in [5, 5.41) is 23.4. The largest absolute Gasteiger partial charge is 0.478 e. The molecule has 4 rings (SSSR count). The molecule has 0 aliphatic heterocycles. The van der Waals surface area contributed by atoms with E-state index in [9.17, 15) is 14.4 Å². The monoisotopic (exact) mass is 530 g/mol. The fourth-order valence-electron chi connectivity index (χ4n) is 3.60. The van der Waals surface area contributed by atoms with Gasteiger partial charge in [0, 0.05) is 28.9 Å². The first-order valence-electron chi connectivity index (χ1n) is 11.5. The molecule has 0 aliphatic rings. The number of nitrogens with zero attached hydrogens (tertiary/aromatic N) is 5. The van der Waals surface area contributed by atoms with E-state index < -0.39 is 17.8 Å². The molecule has 0 saturated heterocycles. The van der Waals surface area contributed by atoms with E-state index in [2.05, 4.69) is 20.8 Å². The standard InChI is InChI=1S/C27H23ClN6O4/c1-18-2-4-19(5-3-18)15-33(16-25(35)30-23-10-6-20(7-11-23)27(37)38)26(36)13-8-21-14-22(28)9-12-24(21)34-17-29-31-32-34/h2-14,17H,15-16H2,1H3,(H,30,35)(H,37,38)/b13-8+. The molecular weight excluding hydrogens is 508 g/mol. The van der Waals surface area contributed by atoms with Gasteiger partial charge in [-0.1, -0.05) is 41.4 Å². The molecule has 0 bridgehead atoms. The van der Waals surface area contributed by atoms with E-state index in [-0.39, 0.29) is 18.7 Å².